The second kappa shape index (κ2) is 9.55. The SMILES string of the molecule is CC(C)N(CCNC(=O)c1cccnc1Oc1ccc(Cl)cc1)C(C)C. The third-order valence-electron chi connectivity index (χ3n) is 4.03. The van der Waals surface area contributed by atoms with Crippen LogP contribution in [0.5, 0.6) is 11.6 Å². The van der Waals surface area contributed by atoms with Crippen LogP contribution < -0.4 is 10.1 Å². The maximum absolute atomic E-state index is 12.6. The standard InChI is InChI=1S/C20H26ClN3O2/c1-14(2)24(15(3)4)13-12-22-19(25)18-6-5-11-23-20(18)26-17-9-7-16(21)8-10-17/h5-11,14-15H,12-13H2,1-4H3,(H,22,25). The average molecular weight is 376 g/mol. The van der Waals surface area contributed by atoms with Crippen molar-refractivity contribution in [2.24, 2.45) is 0 Å². The van der Waals surface area contributed by atoms with Crippen LogP contribution in [-0.4, -0.2) is 41.0 Å². The minimum absolute atomic E-state index is 0.200. The molecule has 0 spiro atoms. The highest BCUT2D eigenvalue weighted by atomic mass is 35.5. The summed E-state index contributed by atoms with van der Waals surface area (Å²) in [5, 5.41) is 3.57. The number of amides is 1. The van der Waals surface area contributed by atoms with Gasteiger partial charge in [-0.1, -0.05) is 11.6 Å². The molecule has 0 atom stereocenters. The fourth-order valence-electron chi connectivity index (χ4n) is 2.77. The number of nitrogens with zero attached hydrogens (tertiary/aromatic N) is 2. The number of halogens is 1. The van der Waals surface area contributed by atoms with Gasteiger partial charge in [-0.3, -0.25) is 9.69 Å². The molecule has 0 aliphatic carbocycles. The van der Waals surface area contributed by atoms with Crippen LogP contribution in [0.15, 0.2) is 42.6 Å². The largest absolute Gasteiger partial charge is 0.438 e. The summed E-state index contributed by atoms with van der Waals surface area (Å²) >= 11 is 5.88. The van der Waals surface area contributed by atoms with Crippen molar-refractivity contribution in [3.63, 3.8) is 0 Å². The number of aromatic nitrogens is 1. The molecule has 0 aliphatic rings. The molecule has 1 heterocycles. The number of benzene rings is 1. The quantitative estimate of drug-likeness (QED) is 0.744. The molecule has 0 fully saturated rings. The van der Waals surface area contributed by atoms with Crippen LogP contribution >= 0.6 is 11.6 Å². The first-order chi connectivity index (χ1) is 12.4. The molecule has 140 valence electrons. The molecule has 6 heteroatoms. The van der Waals surface area contributed by atoms with E-state index in [1.54, 1.807) is 42.6 Å². The highest BCUT2D eigenvalue weighted by Crippen LogP contribution is 2.24. The monoisotopic (exact) mass is 375 g/mol. The molecule has 1 aromatic carbocycles. The summed E-state index contributed by atoms with van der Waals surface area (Å²) in [6.07, 6.45) is 1.60. The molecule has 26 heavy (non-hydrogen) atoms. The maximum atomic E-state index is 12.6. The van der Waals surface area contributed by atoms with Gasteiger partial charge in [-0.2, -0.15) is 0 Å². The van der Waals surface area contributed by atoms with Crippen LogP contribution in [0.1, 0.15) is 38.1 Å². The number of pyridine rings is 1. The number of carbonyl (C=O) groups excluding carboxylic acids is 1. The van der Waals surface area contributed by atoms with Crippen molar-refractivity contribution < 1.29 is 9.53 Å². The molecule has 0 aliphatic heterocycles. The molecule has 0 saturated heterocycles. The van der Waals surface area contributed by atoms with Gasteiger partial charge < -0.3 is 10.1 Å². The predicted molar refractivity (Wildman–Crippen MR) is 105 cm³/mol. The zero-order valence-corrected chi connectivity index (χ0v) is 16.5. The molecule has 0 saturated carbocycles. The Bertz CT molecular complexity index is 709. The Morgan fingerprint density at radius 3 is 2.42 bits per heavy atom. The summed E-state index contributed by atoms with van der Waals surface area (Å²) in [4.78, 5) is 19.1. The fourth-order valence-corrected chi connectivity index (χ4v) is 2.89. The van der Waals surface area contributed by atoms with Crippen molar-refractivity contribution in [2.45, 2.75) is 39.8 Å². The molecule has 1 N–H and O–H groups in total. The van der Waals surface area contributed by atoms with E-state index >= 15 is 0 Å². The van der Waals surface area contributed by atoms with Gasteiger partial charge in [0.25, 0.3) is 5.91 Å². The van der Waals surface area contributed by atoms with E-state index in [0.29, 0.717) is 35.0 Å². The van der Waals surface area contributed by atoms with E-state index in [2.05, 4.69) is 42.9 Å². The van der Waals surface area contributed by atoms with E-state index in [-0.39, 0.29) is 11.8 Å². The summed E-state index contributed by atoms with van der Waals surface area (Å²) in [7, 11) is 0. The van der Waals surface area contributed by atoms with Crippen molar-refractivity contribution in [1.29, 1.82) is 0 Å². The summed E-state index contributed by atoms with van der Waals surface area (Å²) in [6, 6.07) is 11.2. The Hall–Kier alpha value is -2.11. The lowest BCUT2D eigenvalue weighted by Crippen LogP contribution is -2.42. The number of hydrogen-bond acceptors (Lipinski definition) is 4. The van der Waals surface area contributed by atoms with Gasteiger partial charge >= 0.3 is 0 Å². The fraction of sp³-hybridized carbons (Fsp3) is 0.400. The number of nitrogens with one attached hydrogen (secondary N) is 1. The van der Waals surface area contributed by atoms with Gasteiger partial charge in [0.2, 0.25) is 5.88 Å². The summed E-state index contributed by atoms with van der Waals surface area (Å²) in [5.74, 6) is 0.652. The molecule has 2 aromatic rings. The summed E-state index contributed by atoms with van der Waals surface area (Å²) < 4.78 is 5.75. The lowest BCUT2D eigenvalue weighted by Gasteiger charge is -2.30. The Kier molecular flexibility index (Phi) is 7.42. The topological polar surface area (TPSA) is 54.5 Å². The molecule has 1 amide bonds. The number of hydrogen-bond donors (Lipinski definition) is 1. The highest BCUT2D eigenvalue weighted by Gasteiger charge is 2.16. The maximum Gasteiger partial charge on any atom is 0.256 e. The van der Waals surface area contributed by atoms with E-state index < -0.39 is 0 Å². The van der Waals surface area contributed by atoms with Gasteiger partial charge in [0, 0.05) is 36.4 Å². The molecule has 1 aromatic heterocycles. The molecular formula is C20H26ClN3O2. The first-order valence-electron chi connectivity index (χ1n) is 8.81. The van der Waals surface area contributed by atoms with Crippen LogP contribution in [0.3, 0.4) is 0 Å². The zero-order valence-electron chi connectivity index (χ0n) is 15.7. The normalized spacial score (nSPS) is 11.2. The molecule has 0 bridgehead atoms. The molecular weight excluding hydrogens is 350 g/mol. The number of carbonyl (C=O) groups is 1. The van der Waals surface area contributed by atoms with Gasteiger partial charge in [0.05, 0.1) is 0 Å². The van der Waals surface area contributed by atoms with E-state index in [1.807, 2.05) is 0 Å². The van der Waals surface area contributed by atoms with Crippen LogP contribution in [0.4, 0.5) is 0 Å². The van der Waals surface area contributed by atoms with E-state index in [9.17, 15) is 4.79 Å². The number of ether oxygens (including phenoxy) is 1. The van der Waals surface area contributed by atoms with Crippen LogP contribution in [-0.2, 0) is 0 Å². The van der Waals surface area contributed by atoms with E-state index in [4.69, 9.17) is 16.3 Å². The van der Waals surface area contributed by atoms with E-state index in [0.717, 1.165) is 6.54 Å². The lowest BCUT2D eigenvalue weighted by molar-refractivity contribution is 0.0936. The van der Waals surface area contributed by atoms with Gasteiger partial charge in [0.15, 0.2) is 0 Å². The van der Waals surface area contributed by atoms with Crippen molar-refractivity contribution in [1.82, 2.24) is 15.2 Å². The Morgan fingerprint density at radius 1 is 1.15 bits per heavy atom. The van der Waals surface area contributed by atoms with Crippen molar-refractivity contribution in [3.8, 4) is 11.6 Å². The highest BCUT2D eigenvalue weighted by molar-refractivity contribution is 6.30. The zero-order chi connectivity index (χ0) is 19.1. The molecule has 5 nitrogen and oxygen atoms in total. The predicted octanol–water partition coefficient (Wildman–Crippen LogP) is 4.38. The second-order valence-electron chi connectivity index (χ2n) is 6.59. The van der Waals surface area contributed by atoms with Crippen molar-refractivity contribution in [3.05, 3.63) is 53.2 Å². The van der Waals surface area contributed by atoms with Gasteiger partial charge in [0.1, 0.15) is 11.3 Å². The first-order valence-corrected chi connectivity index (χ1v) is 9.18. The lowest BCUT2D eigenvalue weighted by atomic mass is 10.2. The van der Waals surface area contributed by atoms with Gasteiger partial charge in [-0.25, -0.2) is 4.98 Å². The molecule has 0 radical (unpaired) electrons. The van der Waals surface area contributed by atoms with Gasteiger partial charge in [-0.15, -0.1) is 0 Å². The average Bonchev–Trinajstić information content (AvgIpc) is 2.60. The van der Waals surface area contributed by atoms with Crippen molar-refractivity contribution in [2.75, 3.05) is 13.1 Å². The minimum atomic E-state index is -0.200. The van der Waals surface area contributed by atoms with E-state index in [1.165, 1.54) is 0 Å². The van der Waals surface area contributed by atoms with Crippen LogP contribution in [0, 0.1) is 0 Å². The summed E-state index contributed by atoms with van der Waals surface area (Å²) in [5.41, 5.74) is 0.406. The molecule has 2 rings (SSSR count). The Morgan fingerprint density at radius 2 is 1.81 bits per heavy atom. The van der Waals surface area contributed by atoms with Crippen LogP contribution in [0.2, 0.25) is 5.02 Å². The van der Waals surface area contributed by atoms with Crippen LogP contribution in [0.25, 0.3) is 0 Å². The third kappa shape index (κ3) is 5.71. The van der Waals surface area contributed by atoms with Gasteiger partial charge in [-0.05, 0) is 64.1 Å². The third-order valence-corrected chi connectivity index (χ3v) is 4.28. The smallest absolute Gasteiger partial charge is 0.256 e. The Labute approximate surface area is 160 Å². The number of rotatable bonds is 8. The summed E-state index contributed by atoms with van der Waals surface area (Å²) in [6.45, 7) is 9.96. The van der Waals surface area contributed by atoms with Crippen molar-refractivity contribution >= 4 is 17.5 Å². The second-order valence-corrected chi connectivity index (χ2v) is 7.03. The minimum Gasteiger partial charge on any atom is -0.438 e. The Balaban J connectivity index is 2.01. The first kappa shape index (κ1) is 20.2. The molecule has 0 unspecified atom stereocenters.